The SMILES string of the molecule is Cc1cc(O)c(C(=O)CCc2ccc3c(c2)CCO3)c(OC2OC(CO)C(F)C(O)C2O)c1.Cc1cc(O)c(C(=O)CCc2ccc3occc3c2)c(OC2OC(CO)C(F)C(O)C2O)c1. The van der Waals surface area contributed by atoms with Gasteiger partial charge in [0.25, 0.3) is 0 Å². The first kappa shape index (κ1) is 48.2. The van der Waals surface area contributed by atoms with E-state index < -0.39 is 86.3 Å². The largest absolute Gasteiger partial charge is 0.507 e. The number of benzene rings is 4. The minimum Gasteiger partial charge on any atom is -0.507 e. The van der Waals surface area contributed by atoms with Crippen molar-refractivity contribution >= 4 is 22.5 Å². The van der Waals surface area contributed by atoms with Crippen LogP contribution in [0, 0.1) is 13.8 Å². The molecule has 0 amide bonds. The van der Waals surface area contributed by atoms with Crippen LogP contribution in [0.1, 0.15) is 61.4 Å². The van der Waals surface area contributed by atoms with E-state index in [0.717, 1.165) is 39.8 Å². The number of furan rings is 1. The number of carbonyl (C=O) groups is 2. The maximum absolute atomic E-state index is 14.0. The van der Waals surface area contributed by atoms with Gasteiger partial charge in [0.2, 0.25) is 12.6 Å². The Labute approximate surface area is 377 Å². The van der Waals surface area contributed by atoms with Crippen molar-refractivity contribution in [1.29, 1.82) is 0 Å². The van der Waals surface area contributed by atoms with E-state index in [1.165, 1.54) is 24.3 Å². The molecule has 4 heterocycles. The van der Waals surface area contributed by atoms with Crippen molar-refractivity contribution in [3.8, 4) is 28.7 Å². The third-order valence-electron chi connectivity index (χ3n) is 11.6. The van der Waals surface area contributed by atoms with Crippen LogP contribution < -0.4 is 14.2 Å². The van der Waals surface area contributed by atoms with Crippen molar-refractivity contribution in [3.63, 3.8) is 0 Å². The molecule has 0 saturated carbocycles. The average molecular weight is 923 g/mol. The summed E-state index contributed by atoms with van der Waals surface area (Å²) < 4.78 is 60.6. The number of phenols is 2. The van der Waals surface area contributed by atoms with Gasteiger partial charge in [0.05, 0.1) is 26.1 Å². The number of carbonyl (C=O) groups excluding carboxylic acids is 2. The van der Waals surface area contributed by atoms with Gasteiger partial charge in [-0.25, -0.2) is 8.78 Å². The Bertz CT molecular complexity index is 2510. The van der Waals surface area contributed by atoms with E-state index >= 15 is 0 Å². The molecule has 10 unspecified atom stereocenters. The number of rotatable bonds is 14. The third-order valence-corrected chi connectivity index (χ3v) is 11.6. The molecule has 66 heavy (non-hydrogen) atoms. The number of alkyl halides is 2. The van der Waals surface area contributed by atoms with E-state index in [0.29, 0.717) is 30.6 Å². The summed E-state index contributed by atoms with van der Waals surface area (Å²) in [5, 5.41) is 80.7. The lowest BCUT2D eigenvalue weighted by Gasteiger charge is -2.38. The van der Waals surface area contributed by atoms with Gasteiger partial charge in [-0.3, -0.25) is 9.59 Å². The van der Waals surface area contributed by atoms with E-state index in [2.05, 4.69) is 0 Å². The molecular weight excluding hydrogens is 871 g/mol. The number of Topliss-reactive ketones (excluding diaryl/α,β-unsaturated/α-hetero) is 2. The lowest BCUT2D eigenvalue weighted by atomic mass is 9.98. The standard InChI is InChI=1S/C24H27FO8.C24H25FO8/c2*1-12-8-16(28)20(15(27)4-2-13-3-5-17-14(10-13)6-7-31-17)18(9-12)32-24-23(30)22(29)21(25)19(11-26)33-24/h3,5,8-10,19,21-24,26,28-30H,2,4,6-7,11H2,1H3;3,5-10,19,21-24,26,28-30H,2,4,11H2,1H3. The number of aliphatic hydroxyl groups excluding tert-OH is 6. The molecule has 1 aromatic heterocycles. The number of fused-ring (bicyclic) bond motifs is 2. The highest BCUT2D eigenvalue weighted by atomic mass is 19.1. The Morgan fingerprint density at radius 2 is 1.17 bits per heavy atom. The molecule has 2 fully saturated rings. The first-order valence-corrected chi connectivity index (χ1v) is 21.4. The molecule has 3 aliphatic rings. The van der Waals surface area contributed by atoms with Crippen LogP contribution in [0.25, 0.3) is 11.0 Å². The summed E-state index contributed by atoms with van der Waals surface area (Å²) >= 11 is 0. The van der Waals surface area contributed by atoms with Crippen molar-refractivity contribution in [3.05, 3.63) is 112 Å². The quantitative estimate of drug-likeness (QED) is 0.0732. The van der Waals surface area contributed by atoms with Crippen LogP contribution in [0.3, 0.4) is 0 Å². The van der Waals surface area contributed by atoms with Crippen LogP contribution in [0.5, 0.6) is 28.7 Å². The molecule has 0 aliphatic carbocycles. The predicted octanol–water partition coefficient (Wildman–Crippen LogP) is 4.03. The molecule has 2 saturated heterocycles. The fourth-order valence-corrected chi connectivity index (χ4v) is 8.08. The number of ketones is 2. The molecule has 354 valence electrons. The first-order chi connectivity index (χ1) is 31.6. The van der Waals surface area contributed by atoms with Crippen LogP contribution in [0.15, 0.2) is 77.4 Å². The van der Waals surface area contributed by atoms with Crippen LogP contribution in [-0.2, 0) is 28.7 Å². The second-order valence-electron chi connectivity index (χ2n) is 16.5. The normalized spacial score (nSPS) is 25.9. The van der Waals surface area contributed by atoms with Crippen LogP contribution in [-0.4, -0.2) is 134 Å². The number of aromatic hydroxyl groups is 2. The van der Waals surface area contributed by atoms with Crippen molar-refractivity contribution < 1.29 is 87.3 Å². The molecule has 0 bridgehead atoms. The molecule has 0 radical (unpaired) electrons. The molecule has 4 aromatic carbocycles. The highest BCUT2D eigenvalue weighted by Gasteiger charge is 2.47. The van der Waals surface area contributed by atoms with Crippen molar-refractivity contribution in [1.82, 2.24) is 0 Å². The minimum absolute atomic E-state index is 0.0544. The zero-order valence-corrected chi connectivity index (χ0v) is 36.0. The number of hydrogen-bond acceptors (Lipinski definition) is 16. The second kappa shape index (κ2) is 20.9. The Hall–Kier alpha value is -5.70. The highest BCUT2D eigenvalue weighted by molar-refractivity contribution is 6.02. The smallest absolute Gasteiger partial charge is 0.229 e. The summed E-state index contributed by atoms with van der Waals surface area (Å²) in [5.74, 6) is -0.714. The van der Waals surface area contributed by atoms with Gasteiger partial charge < -0.3 is 69.0 Å². The van der Waals surface area contributed by atoms with Crippen LogP contribution in [0.4, 0.5) is 8.78 Å². The van der Waals surface area contributed by atoms with E-state index in [9.17, 15) is 59.2 Å². The number of halogens is 2. The Morgan fingerprint density at radius 1 is 0.667 bits per heavy atom. The summed E-state index contributed by atoms with van der Waals surface area (Å²) in [7, 11) is 0. The molecule has 16 nitrogen and oxygen atoms in total. The lowest BCUT2D eigenvalue weighted by Crippen LogP contribution is -2.58. The van der Waals surface area contributed by atoms with Gasteiger partial charge in [0, 0.05) is 24.6 Å². The zero-order chi connectivity index (χ0) is 47.4. The number of aryl methyl sites for hydroxylation is 4. The molecular formula is C48H52F2O16. The first-order valence-electron chi connectivity index (χ1n) is 21.4. The Balaban J connectivity index is 0.000000196. The fourth-order valence-electron chi connectivity index (χ4n) is 8.08. The lowest BCUT2D eigenvalue weighted by molar-refractivity contribution is -0.265. The average Bonchev–Trinajstić information content (AvgIpc) is 3.97. The summed E-state index contributed by atoms with van der Waals surface area (Å²) in [6.45, 7) is 2.51. The van der Waals surface area contributed by atoms with Gasteiger partial charge in [0.1, 0.15) is 82.1 Å². The summed E-state index contributed by atoms with van der Waals surface area (Å²) in [6.07, 6.45) is -13.8. The van der Waals surface area contributed by atoms with E-state index in [-0.39, 0.29) is 47.0 Å². The maximum Gasteiger partial charge on any atom is 0.229 e. The van der Waals surface area contributed by atoms with Crippen LogP contribution >= 0.6 is 0 Å². The molecule has 8 rings (SSSR count). The summed E-state index contributed by atoms with van der Waals surface area (Å²) in [4.78, 5) is 26.1. The number of ether oxygens (including phenoxy) is 5. The summed E-state index contributed by atoms with van der Waals surface area (Å²) in [6, 6.07) is 18.9. The molecule has 8 N–H and O–H groups in total. The summed E-state index contributed by atoms with van der Waals surface area (Å²) in [5.41, 5.74) is 4.62. The number of aliphatic hydroxyl groups is 6. The van der Waals surface area contributed by atoms with Crippen LogP contribution in [0.2, 0.25) is 0 Å². The van der Waals surface area contributed by atoms with Gasteiger partial charge in [-0.05, 0) is 103 Å². The molecule has 0 spiro atoms. The van der Waals surface area contributed by atoms with Gasteiger partial charge in [-0.15, -0.1) is 0 Å². The van der Waals surface area contributed by atoms with Gasteiger partial charge in [-0.2, -0.15) is 0 Å². The van der Waals surface area contributed by atoms with Crippen molar-refractivity contribution in [2.75, 3.05) is 19.8 Å². The monoisotopic (exact) mass is 922 g/mol. The van der Waals surface area contributed by atoms with Gasteiger partial charge >= 0.3 is 0 Å². The third kappa shape index (κ3) is 10.6. The second-order valence-corrected chi connectivity index (χ2v) is 16.5. The topological polar surface area (TPSA) is 255 Å². The van der Waals surface area contributed by atoms with Crippen molar-refractivity contribution in [2.24, 2.45) is 0 Å². The Kier molecular flexibility index (Phi) is 15.2. The fraction of sp³-hybridized carbons (Fsp3) is 0.417. The van der Waals surface area contributed by atoms with Crippen molar-refractivity contribution in [2.45, 2.75) is 107 Å². The van der Waals surface area contributed by atoms with Gasteiger partial charge in [0.15, 0.2) is 23.9 Å². The minimum atomic E-state index is -2.01. The Morgan fingerprint density at radius 3 is 1.68 bits per heavy atom. The molecule has 5 aromatic rings. The molecule has 3 aliphatic heterocycles. The number of phenolic OH excluding ortho intramolecular Hbond substituents is 2. The zero-order valence-electron chi connectivity index (χ0n) is 36.0. The maximum atomic E-state index is 14.0. The predicted molar refractivity (Wildman–Crippen MR) is 229 cm³/mol. The van der Waals surface area contributed by atoms with E-state index in [1.807, 2.05) is 42.5 Å². The number of hydrogen-bond donors (Lipinski definition) is 8. The molecule has 10 atom stereocenters. The van der Waals surface area contributed by atoms with E-state index in [4.69, 9.17) is 28.1 Å². The highest BCUT2D eigenvalue weighted by Crippen LogP contribution is 2.37. The van der Waals surface area contributed by atoms with Gasteiger partial charge in [-0.1, -0.05) is 18.2 Å². The van der Waals surface area contributed by atoms with E-state index in [1.54, 1.807) is 20.1 Å². The molecule has 18 heteroatoms.